The largest absolute Gasteiger partial charge is 0.0823 e. The van der Waals surface area contributed by atoms with Crippen molar-refractivity contribution in [1.82, 2.24) is 0 Å². The lowest BCUT2D eigenvalue weighted by Crippen LogP contribution is -2.00. The van der Waals surface area contributed by atoms with Crippen molar-refractivity contribution in [2.45, 2.75) is 23.5 Å². The minimum atomic E-state index is 0.277. The summed E-state index contributed by atoms with van der Waals surface area (Å²) < 4.78 is 0. The summed E-state index contributed by atoms with van der Waals surface area (Å²) in [4.78, 5) is 0.554. The van der Waals surface area contributed by atoms with Gasteiger partial charge in [-0.1, -0.05) is 91.5 Å². The Balaban J connectivity index is 2.26. The van der Waals surface area contributed by atoms with Crippen LogP contribution in [0.4, 0.5) is 0 Å². The molecule has 2 aromatic rings. The van der Waals surface area contributed by atoms with E-state index >= 15 is 0 Å². The van der Waals surface area contributed by atoms with Crippen molar-refractivity contribution in [2.24, 2.45) is 0 Å². The van der Waals surface area contributed by atoms with Crippen LogP contribution < -0.4 is 0 Å². The van der Waals surface area contributed by atoms with Gasteiger partial charge in [0.1, 0.15) is 0 Å². The lowest BCUT2D eigenvalue weighted by molar-refractivity contribution is 0.934. The molecular weight excluding hydrogens is 352 g/mol. The number of hydrogen-bond donors (Lipinski definition) is 0. The number of rotatable bonds is 3. The Kier molecular flexibility index (Phi) is 4.63. The Morgan fingerprint density at radius 1 is 0.722 bits per heavy atom. The van der Waals surface area contributed by atoms with Crippen LogP contribution in [0.1, 0.15) is 31.9 Å². The zero-order valence-corrected chi connectivity index (χ0v) is 13.7. The number of benzene rings is 2. The molecule has 2 rings (SSSR count). The standard InChI is InChI=1S/C16H16Br2/c1-11-5-3-7-13(9-11)15(17)16(18)14-8-4-6-12(2)10-14/h3-10,15-16H,1-2H3. The van der Waals surface area contributed by atoms with Gasteiger partial charge >= 0.3 is 0 Å². The van der Waals surface area contributed by atoms with Crippen molar-refractivity contribution in [3.63, 3.8) is 0 Å². The van der Waals surface area contributed by atoms with Crippen LogP contribution in [-0.4, -0.2) is 0 Å². The Labute approximate surface area is 126 Å². The summed E-state index contributed by atoms with van der Waals surface area (Å²) in [6.45, 7) is 4.25. The molecule has 18 heavy (non-hydrogen) atoms. The van der Waals surface area contributed by atoms with E-state index in [9.17, 15) is 0 Å². The van der Waals surface area contributed by atoms with Crippen molar-refractivity contribution in [3.8, 4) is 0 Å². The van der Waals surface area contributed by atoms with E-state index in [1.54, 1.807) is 0 Å². The first kappa shape index (κ1) is 13.8. The molecule has 94 valence electrons. The molecule has 0 fully saturated rings. The van der Waals surface area contributed by atoms with Crippen molar-refractivity contribution in [2.75, 3.05) is 0 Å². The van der Waals surface area contributed by atoms with Gasteiger partial charge in [-0.3, -0.25) is 0 Å². The lowest BCUT2D eigenvalue weighted by atomic mass is 10.0. The molecule has 2 unspecified atom stereocenters. The molecule has 0 bridgehead atoms. The summed E-state index contributed by atoms with van der Waals surface area (Å²) in [6, 6.07) is 17.2. The highest BCUT2D eigenvalue weighted by Crippen LogP contribution is 2.42. The molecule has 2 heteroatoms. The maximum Gasteiger partial charge on any atom is 0.0561 e. The van der Waals surface area contributed by atoms with Crippen LogP contribution in [0.2, 0.25) is 0 Å². The minimum absolute atomic E-state index is 0.277. The average molecular weight is 368 g/mol. The van der Waals surface area contributed by atoms with E-state index in [1.165, 1.54) is 22.3 Å². The molecule has 0 radical (unpaired) electrons. The number of alkyl halides is 2. The summed E-state index contributed by atoms with van der Waals surface area (Å²) in [7, 11) is 0. The second-order valence-corrected chi connectivity index (χ2v) is 6.60. The first-order valence-corrected chi connectivity index (χ1v) is 7.82. The van der Waals surface area contributed by atoms with Crippen molar-refractivity contribution in [1.29, 1.82) is 0 Å². The first-order chi connectivity index (χ1) is 8.58. The first-order valence-electron chi connectivity index (χ1n) is 5.99. The molecule has 0 aliphatic carbocycles. The summed E-state index contributed by atoms with van der Waals surface area (Å²) in [5, 5.41) is 0. The van der Waals surface area contributed by atoms with Crippen LogP contribution in [0.5, 0.6) is 0 Å². The predicted molar refractivity (Wildman–Crippen MR) is 85.7 cm³/mol. The summed E-state index contributed by atoms with van der Waals surface area (Å²) in [6.07, 6.45) is 0. The van der Waals surface area contributed by atoms with Crippen LogP contribution in [-0.2, 0) is 0 Å². The highest BCUT2D eigenvalue weighted by atomic mass is 79.9. The van der Waals surface area contributed by atoms with Gasteiger partial charge in [-0.25, -0.2) is 0 Å². The number of hydrogen-bond acceptors (Lipinski definition) is 0. The topological polar surface area (TPSA) is 0 Å². The lowest BCUT2D eigenvalue weighted by Gasteiger charge is -2.18. The van der Waals surface area contributed by atoms with E-state index in [4.69, 9.17) is 0 Å². The number of halogens is 2. The molecule has 0 aromatic heterocycles. The van der Waals surface area contributed by atoms with Gasteiger partial charge in [0.25, 0.3) is 0 Å². The SMILES string of the molecule is Cc1cccc(C(Br)C(Br)c2cccc(C)c2)c1. The van der Waals surface area contributed by atoms with E-state index in [1.807, 2.05) is 0 Å². The van der Waals surface area contributed by atoms with Gasteiger partial charge in [0.2, 0.25) is 0 Å². The van der Waals surface area contributed by atoms with Crippen LogP contribution in [0.25, 0.3) is 0 Å². The van der Waals surface area contributed by atoms with Gasteiger partial charge in [0, 0.05) is 0 Å². The monoisotopic (exact) mass is 366 g/mol. The highest BCUT2D eigenvalue weighted by molar-refractivity contribution is 9.12. The molecule has 0 aliphatic heterocycles. The summed E-state index contributed by atoms with van der Waals surface area (Å²) in [5.41, 5.74) is 5.19. The van der Waals surface area contributed by atoms with Crippen LogP contribution in [0, 0.1) is 13.8 Å². The molecule has 0 N–H and O–H groups in total. The molecule has 0 heterocycles. The Morgan fingerprint density at radius 3 is 1.44 bits per heavy atom. The summed E-state index contributed by atoms with van der Waals surface area (Å²) >= 11 is 7.60. The van der Waals surface area contributed by atoms with Gasteiger partial charge in [-0.15, -0.1) is 0 Å². The second-order valence-electron chi connectivity index (χ2n) is 4.63. The van der Waals surface area contributed by atoms with E-state index < -0.39 is 0 Å². The Hall–Kier alpha value is -0.600. The van der Waals surface area contributed by atoms with Crippen molar-refractivity contribution in [3.05, 3.63) is 70.8 Å². The molecule has 0 aliphatic rings. The zero-order valence-electron chi connectivity index (χ0n) is 10.5. The molecule has 0 amide bonds. The van der Waals surface area contributed by atoms with E-state index in [-0.39, 0.29) is 9.65 Å². The van der Waals surface area contributed by atoms with Crippen molar-refractivity contribution < 1.29 is 0 Å². The molecular formula is C16H16Br2. The van der Waals surface area contributed by atoms with Crippen LogP contribution >= 0.6 is 31.9 Å². The van der Waals surface area contributed by atoms with Crippen LogP contribution in [0.15, 0.2) is 48.5 Å². The Morgan fingerprint density at radius 2 is 1.11 bits per heavy atom. The second kappa shape index (κ2) is 6.03. The van der Waals surface area contributed by atoms with Gasteiger partial charge < -0.3 is 0 Å². The fourth-order valence-corrected chi connectivity index (χ4v) is 3.20. The fraction of sp³-hybridized carbons (Fsp3) is 0.250. The molecule has 2 aromatic carbocycles. The van der Waals surface area contributed by atoms with Gasteiger partial charge in [-0.2, -0.15) is 0 Å². The maximum atomic E-state index is 3.80. The van der Waals surface area contributed by atoms with Crippen molar-refractivity contribution >= 4 is 31.9 Å². The third-order valence-corrected chi connectivity index (χ3v) is 5.80. The van der Waals surface area contributed by atoms with Gasteiger partial charge in [0.05, 0.1) is 9.65 Å². The highest BCUT2D eigenvalue weighted by Gasteiger charge is 2.19. The molecule has 0 nitrogen and oxygen atoms in total. The third-order valence-electron chi connectivity index (χ3n) is 2.98. The molecule has 0 saturated heterocycles. The molecule has 0 spiro atoms. The third kappa shape index (κ3) is 3.24. The molecule has 0 saturated carbocycles. The quantitative estimate of drug-likeness (QED) is 0.594. The maximum absolute atomic E-state index is 3.80. The average Bonchev–Trinajstić information content (AvgIpc) is 2.37. The van der Waals surface area contributed by atoms with E-state index in [2.05, 4.69) is 94.2 Å². The molecule has 2 atom stereocenters. The van der Waals surface area contributed by atoms with E-state index in [0.29, 0.717) is 0 Å². The minimum Gasteiger partial charge on any atom is -0.0823 e. The van der Waals surface area contributed by atoms with Crippen LogP contribution in [0.3, 0.4) is 0 Å². The smallest absolute Gasteiger partial charge is 0.0561 e. The van der Waals surface area contributed by atoms with Gasteiger partial charge in [-0.05, 0) is 25.0 Å². The number of aryl methyl sites for hydroxylation is 2. The zero-order chi connectivity index (χ0) is 13.1. The normalized spacial score (nSPS) is 14.2. The predicted octanol–water partition coefficient (Wildman–Crippen LogP) is 5.88. The van der Waals surface area contributed by atoms with Gasteiger partial charge in [0.15, 0.2) is 0 Å². The van der Waals surface area contributed by atoms with E-state index in [0.717, 1.165) is 0 Å². The summed E-state index contributed by atoms with van der Waals surface area (Å²) in [5.74, 6) is 0. The Bertz CT molecular complexity index is 485. The fourth-order valence-electron chi connectivity index (χ4n) is 2.02.